The number of aryl methyl sites for hydroxylation is 2. The van der Waals surface area contributed by atoms with Gasteiger partial charge in [-0.05, 0) is 53.6 Å². The molecule has 0 spiro atoms. The molecule has 5 rings (SSSR count). The van der Waals surface area contributed by atoms with Crippen molar-refractivity contribution < 1.29 is 19.1 Å². The average Bonchev–Trinajstić information content (AvgIpc) is 3.13. The Balaban J connectivity index is 1.75. The number of rotatable bonds is 3. The Morgan fingerprint density at radius 3 is 1.96 bits per heavy atom. The van der Waals surface area contributed by atoms with Gasteiger partial charge < -0.3 is 9.47 Å². The molecule has 1 aliphatic carbocycles. The number of benzene rings is 3. The number of hydrogen-bond donors (Lipinski definition) is 0. The summed E-state index contributed by atoms with van der Waals surface area (Å²) in [7, 11) is 3.06. The Labute approximate surface area is 156 Å². The largest absolute Gasteiger partial charge is 0.497 e. The van der Waals surface area contributed by atoms with Gasteiger partial charge in [-0.2, -0.15) is 0 Å². The summed E-state index contributed by atoms with van der Waals surface area (Å²) in [5, 5.41) is 1.87. The minimum absolute atomic E-state index is 0.327. The van der Waals surface area contributed by atoms with Crippen LogP contribution in [0.5, 0.6) is 11.5 Å². The molecule has 1 heterocycles. The second-order valence-electron chi connectivity index (χ2n) is 6.78. The maximum atomic E-state index is 13.3. The first-order valence-electron chi connectivity index (χ1n) is 8.82. The molecule has 5 nitrogen and oxygen atoms in total. The van der Waals surface area contributed by atoms with Crippen molar-refractivity contribution in [2.24, 2.45) is 0 Å². The van der Waals surface area contributed by atoms with Crippen molar-refractivity contribution in [3.05, 3.63) is 64.7 Å². The number of methoxy groups -OCH3 is 2. The van der Waals surface area contributed by atoms with Gasteiger partial charge in [-0.3, -0.25) is 9.59 Å². The van der Waals surface area contributed by atoms with E-state index in [0.29, 0.717) is 28.3 Å². The fourth-order valence-electron chi connectivity index (χ4n) is 4.21. The number of amides is 2. The molecule has 5 heteroatoms. The topological polar surface area (TPSA) is 55.8 Å². The fourth-order valence-corrected chi connectivity index (χ4v) is 4.21. The van der Waals surface area contributed by atoms with Crippen LogP contribution in [0.2, 0.25) is 0 Å². The van der Waals surface area contributed by atoms with Crippen LogP contribution in [0.25, 0.3) is 10.8 Å². The molecule has 0 atom stereocenters. The zero-order valence-electron chi connectivity index (χ0n) is 15.0. The van der Waals surface area contributed by atoms with E-state index in [1.54, 1.807) is 25.3 Å². The first-order chi connectivity index (χ1) is 13.1. The van der Waals surface area contributed by atoms with Gasteiger partial charge in [0.15, 0.2) is 0 Å². The third-order valence-electron chi connectivity index (χ3n) is 5.49. The average molecular weight is 359 g/mol. The second-order valence-corrected chi connectivity index (χ2v) is 6.78. The number of ether oxygens (including phenoxy) is 2. The second kappa shape index (κ2) is 5.58. The Morgan fingerprint density at radius 1 is 0.778 bits per heavy atom. The first-order valence-corrected chi connectivity index (χ1v) is 8.82. The van der Waals surface area contributed by atoms with Gasteiger partial charge in [-0.25, -0.2) is 4.90 Å². The van der Waals surface area contributed by atoms with E-state index in [4.69, 9.17) is 9.47 Å². The highest BCUT2D eigenvalue weighted by Crippen LogP contribution is 2.41. The van der Waals surface area contributed by atoms with Gasteiger partial charge in [0.25, 0.3) is 11.8 Å². The number of hydrogen-bond acceptors (Lipinski definition) is 4. The summed E-state index contributed by atoms with van der Waals surface area (Å²) < 4.78 is 10.6. The van der Waals surface area contributed by atoms with Crippen LogP contribution in [0.4, 0.5) is 5.69 Å². The maximum absolute atomic E-state index is 13.3. The lowest BCUT2D eigenvalue weighted by Gasteiger charge is -2.28. The van der Waals surface area contributed by atoms with Crippen LogP contribution in [-0.4, -0.2) is 26.0 Å². The predicted octanol–water partition coefficient (Wildman–Crippen LogP) is 3.76. The molecule has 134 valence electrons. The molecule has 2 aliphatic rings. The lowest BCUT2D eigenvalue weighted by atomic mass is 9.91. The predicted molar refractivity (Wildman–Crippen MR) is 102 cm³/mol. The number of nitrogens with zero attached hydrogens (tertiary/aromatic N) is 1. The van der Waals surface area contributed by atoms with Crippen molar-refractivity contribution in [2.45, 2.75) is 12.8 Å². The number of imide groups is 1. The highest BCUT2D eigenvalue weighted by Gasteiger charge is 2.37. The van der Waals surface area contributed by atoms with Crippen LogP contribution < -0.4 is 14.4 Å². The van der Waals surface area contributed by atoms with E-state index in [2.05, 4.69) is 0 Å². The molecule has 3 aromatic carbocycles. The molecule has 3 aromatic rings. The highest BCUT2D eigenvalue weighted by molar-refractivity contribution is 6.36. The van der Waals surface area contributed by atoms with Crippen LogP contribution in [0, 0.1) is 0 Å². The summed E-state index contributed by atoms with van der Waals surface area (Å²) in [4.78, 5) is 27.8. The molecule has 0 saturated heterocycles. The molecular formula is C22H17NO4. The number of carbonyl (C=O) groups is 2. The summed E-state index contributed by atoms with van der Waals surface area (Å²) in [5.74, 6) is 0.349. The normalized spacial score (nSPS) is 14.8. The molecule has 2 amide bonds. The SMILES string of the molecule is COc1ccc(N2C(=O)c3ccc4c5c(ccc(c35)C2=O)CC4)c(OC)c1. The summed E-state index contributed by atoms with van der Waals surface area (Å²) in [6.07, 6.45) is 1.90. The zero-order chi connectivity index (χ0) is 18.7. The van der Waals surface area contributed by atoms with Gasteiger partial charge in [0.05, 0.1) is 19.9 Å². The van der Waals surface area contributed by atoms with Crippen LogP contribution in [-0.2, 0) is 12.8 Å². The smallest absolute Gasteiger partial charge is 0.266 e. The van der Waals surface area contributed by atoms with Crippen molar-refractivity contribution in [3.63, 3.8) is 0 Å². The van der Waals surface area contributed by atoms with Crippen LogP contribution in [0.3, 0.4) is 0 Å². The maximum Gasteiger partial charge on any atom is 0.266 e. The van der Waals surface area contributed by atoms with Crippen LogP contribution >= 0.6 is 0 Å². The van der Waals surface area contributed by atoms with Gasteiger partial charge >= 0.3 is 0 Å². The molecule has 27 heavy (non-hydrogen) atoms. The summed E-state index contributed by atoms with van der Waals surface area (Å²) in [6.45, 7) is 0. The number of anilines is 1. The standard InChI is InChI=1S/C22H17NO4/c1-26-14-7-10-17(18(11-14)27-2)23-21(24)15-8-5-12-3-4-13-6-9-16(22(23)25)20(15)19(12)13/h5-11H,3-4H2,1-2H3. The van der Waals surface area contributed by atoms with E-state index in [-0.39, 0.29) is 11.8 Å². The summed E-state index contributed by atoms with van der Waals surface area (Å²) in [6, 6.07) is 12.8. The molecule has 0 unspecified atom stereocenters. The Morgan fingerprint density at radius 2 is 1.41 bits per heavy atom. The monoisotopic (exact) mass is 359 g/mol. The molecule has 0 N–H and O–H groups in total. The van der Waals surface area contributed by atoms with Crippen molar-refractivity contribution >= 4 is 28.3 Å². The van der Waals surface area contributed by atoms with E-state index in [0.717, 1.165) is 23.6 Å². The van der Waals surface area contributed by atoms with Crippen molar-refractivity contribution in [1.82, 2.24) is 0 Å². The van der Waals surface area contributed by atoms with Gasteiger partial charge in [0, 0.05) is 22.6 Å². The molecule has 0 radical (unpaired) electrons. The molecule has 1 aliphatic heterocycles. The Kier molecular flexibility index (Phi) is 3.28. The van der Waals surface area contributed by atoms with E-state index < -0.39 is 0 Å². The van der Waals surface area contributed by atoms with Crippen LogP contribution in [0.1, 0.15) is 31.8 Å². The quantitative estimate of drug-likeness (QED) is 0.668. The molecule has 0 fully saturated rings. The lowest BCUT2D eigenvalue weighted by molar-refractivity contribution is 0.0892. The van der Waals surface area contributed by atoms with E-state index in [1.165, 1.54) is 23.1 Å². The van der Waals surface area contributed by atoms with Crippen molar-refractivity contribution in [1.29, 1.82) is 0 Å². The first kappa shape index (κ1) is 15.9. The van der Waals surface area contributed by atoms with E-state index in [1.807, 2.05) is 24.3 Å². The van der Waals surface area contributed by atoms with Crippen LogP contribution in [0.15, 0.2) is 42.5 Å². The Bertz CT molecular complexity index is 1090. The number of carbonyl (C=O) groups excluding carboxylic acids is 2. The summed E-state index contributed by atoms with van der Waals surface area (Å²) >= 11 is 0. The van der Waals surface area contributed by atoms with E-state index in [9.17, 15) is 9.59 Å². The van der Waals surface area contributed by atoms with Crippen molar-refractivity contribution in [2.75, 3.05) is 19.1 Å². The van der Waals surface area contributed by atoms with Crippen molar-refractivity contribution in [3.8, 4) is 11.5 Å². The highest BCUT2D eigenvalue weighted by atomic mass is 16.5. The van der Waals surface area contributed by atoms with E-state index >= 15 is 0 Å². The van der Waals surface area contributed by atoms with Gasteiger partial charge in [-0.15, -0.1) is 0 Å². The molecule has 0 aromatic heterocycles. The van der Waals surface area contributed by atoms with Gasteiger partial charge in [0.1, 0.15) is 11.5 Å². The van der Waals surface area contributed by atoms with Gasteiger partial charge in [0.2, 0.25) is 0 Å². The molecule has 0 bridgehead atoms. The summed E-state index contributed by atoms with van der Waals surface area (Å²) in [5.41, 5.74) is 3.95. The zero-order valence-corrected chi connectivity index (χ0v) is 15.0. The minimum Gasteiger partial charge on any atom is -0.497 e. The molecular weight excluding hydrogens is 342 g/mol. The molecule has 0 saturated carbocycles. The minimum atomic E-state index is -0.327. The third kappa shape index (κ3) is 2.05. The fraction of sp³-hybridized carbons (Fsp3) is 0.182. The third-order valence-corrected chi connectivity index (χ3v) is 5.49. The lowest BCUT2D eigenvalue weighted by Crippen LogP contribution is -2.40. The Hall–Kier alpha value is -3.34. The van der Waals surface area contributed by atoms with Gasteiger partial charge in [-0.1, -0.05) is 12.1 Å².